The summed E-state index contributed by atoms with van der Waals surface area (Å²) in [4.78, 5) is 4.64. The number of hydrogen-bond donors (Lipinski definition) is 0. The van der Waals surface area contributed by atoms with E-state index in [1.807, 2.05) is 24.4 Å². The zero-order valence-electron chi connectivity index (χ0n) is 14.6. The molecule has 2 rings (SSSR count). The molecule has 24 heavy (non-hydrogen) atoms. The Morgan fingerprint density at radius 3 is 2.67 bits per heavy atom. The quantitative estimate of drug-likeness (QED) is 0.541. The van der Waals surface area contributed by atoms with E-state index in [1.54, 1.807) is 18.0 Å². The average Bonchev–Trinajstić information content (AvgIpc) is 3.02. The molecule has 0 aromatic carbocycles. The molecule has 0 aliphatic carbocycles. The predicted octanol–water partition coefficient (Wildman–Crippen LogP) is 4.53. The molecule has 2 aromatic heterocycles. The lowest BCUT2D eigenvalue weighted by Crippen LogP contribution is -2.04. The minimum Gasteiger partial charge on any atom is -0.308 e. The van der Waals surface area contributed by atoms with Gasteiger partial charge in [0.15, 0.2) is 5.65 Å². The molecule has 0 atom stereocenters. The molecule has 8 heteroatoms. The molecule has 0 saturated carbocycles. The van der Waals surface area contributed by atoms with E-state index in [-0.39, 0.29) is 0 Å². The van der Waals surface area contributed by atoms with Gasteiger partial charge in [-0.3, -0.25) is 4.57 Å². The molecule has 6 nitrogen and oxygen atoms in total. The van der Waals surface area contributed by atoms with Crippen molar-refractivity contribution in [2.24, 2.45) is 0 Å². The third-order valence-electron chi connectivity index (χ3n) is 3.42. The standard InChI is InChI=1S/C16H26N3O3PS/c1-4-7-8-14-11-15(19-16(18-14)9-10-17-19)12-24-13-23(20,21-5-2)22-6-3/h9-11H,4-8,12-13H2,1-3H3. The van der Waals surface area contributed by atoms with Crippen LogP contribution in [0.2, 0.25) is 0 Å². The maximum atomic E-state index is 12.5. The third kappa shape index (κ3) is 5.31. The van der Waals surface area contributed by atoms with Crippen LogP contribution < -0.4 is 0 Å². The number of aryl methyl sites for hydroxylation is 1. The minimum absolute atomic E-state index is 0.337. The van der Waals surface area contributed by atoms with Gasteiger partial charge in [-0.05, 0) is 32.8 Å². The normalized spacial score (nSPS) is 12.1. The number of unbranched alkanes of at least 4 members (excludes halogenated alkanes) is 1. The van der Waals surface area contributed by atoms with Crippen LogP contribution in [0.15, 0.2) is 18.3 Å². The molecule has 0 spiro atoms. The molecule has 2 aromatic rings. The summed E-state index contributed by atoms with van der Waals surface area (Å²) in [7, 11) is -3.01. The largest absolute Gasteiger partial charge is 0.340 e. The molecule has 2 heterocycles. The summed E-state index contributed by atoms with van der Waals surface area (Å²) >= 11 is 1.54. The van der Waals surface area contributed by atoms with Crippen molar-refractivity contribution >= 4 is 25.0 Å². The second-order valence-electron chi connectivity index (χ2n) is 5.37. The van der Waals surface area contributed by atoms with Crippen molar-refractivity contribution in [1.29, 1.82) is 0 Å². The fourth-order valence-electron chi connectivity index (χ4n) is 2.39. The van der Waals surface area contributed by atoms with E-state index in [9.17, 15) is 4.57 Å². The van der Waals surface area contributed by atoms with Crippen LogP contribution in [0.1, 0.15) is 45.0 Å². The molecule has 0 aliphatic heterocycles. The van der Waals surface area contributed by atoms with Crippen LogP contribution in [0.4, 0.5) is 0 Å². The van der Waals surface area contributed by atoms with Gasteiger partial charge in [0.2, 0.25) is 0 Å². The van der Waals surface area contributed by atoms with Gasteiger partial charge in [-0.1, -0.05) is 13.3 Å². The molecule has 0 unspecified atom stereocenters. The highest BCUT2D eigenvalue weighted by atomic mass is 32.2. The molecular weight excluding hydrogens is 345 g/mol. The number of nitrogens with zero attached hydrogens (tertiary/aromatic N) is 3. The summed E-state index contributed by atoms with van der Waals surface area (Å²) < 4.78 is 25.0. The SMILES string of the molecule is CCCCc1cc(CSCP(=O)(OCC)OCC)n2nccc2n1. The lowest BCUT2D eigenvalue weighted by molar-refractivity contribution is 0.224. The fourth-order valence-corrected chi connectivity index (χ4v) is 5.52. The van der Waals surface area contributed by atoms with Crippen LogP contribution in [0.5, 0.6) is 0 Å². The molecule has 134 valence electrons. The van der Waals surface area contributed by atoms with Crippen molar-refractivity contribution in [1.82, 2.24) is 14.6 Å². The van der Waals surface area contributed by atoms with Gasteiger partial charge in [-0.25, -0.2) is 9.50 Å². The highest BCUT2D eigenvalue weighted by molar-refractivity contribution is 8.03. The highest BCUT2D eigenvalue weighted by Gasteiger charge is 2.23. The first-order valence-corrected chi connectivity index (χ1v) is 11.3. The Balaban J connectivity index is 2.08. The van der Waals surface area contributed by atoms with E-state index < -0.39 is 7.60 Å². The first-order chi connectivity index (χ1) is 11.6. The van der Waals surface area contributed by atoms with Crippen LogP contribution in [-0.4, -0.2) is 33.3 Å². The number of thioether (sulfide) groups is 1. The van der Waals surface area contributed by atoms with Gasteiger partial charge >= 0.3 is 7.60 Å². The second-order valence-corrected chi connectivity index (χ2v) is 8.84. The summed E-state index contributed by atoms with van der Waals surface area (Å²) in [5.74, 6) is 0.684. The van der Waals surface area contributed by atoms with Gasteiger partial charge in [-0.2, -0.15) is 5.10 Å². The third-order valence-corrected chi connectivity index (χ3v) is 7.22. The van der Waals surface area contributed by atoms with Gasteiger partial charge in [0, 0.05) is 17.5 Å². The van der Waals surface area contributed by atoms with E-state index in [4.69, 9.17) is 9.05 Å². The van der Waals surface area contributed by atoms with Crippen LogP contribution in [0.3, 0.4) is 0 Å². The first kappa shape index (κ1) is 19.4. The molecule has 0 bridgehead atoms. The van der Waals surface area contributed by atoms with Gasteiger partial charge in [0.25, 0.3) is 0 Å². The molecule has 0 amide bonds. The molecule has 0 radical (unpaired) electrons. The molecule has 0 N–H and O–H groups in total. The van der Waals surface area contributed by atoms with Crippen LogP contribution in [0, 0.1) is 0 Å². The topological polar surface area (TPSA) is 65.7 Å². The second kappa shape index (κ2) is 9.56. The highest BCUT2D eigenvalue weighted by Crippen LogP contribution is 2.51. The number of hydrogen-bond acceptors (Lipinski definition) is 6. The van der Waals surface area contributed by atoms with Crippen molar-refractivity contribution in [3.05, 3.63) is 29.7 Å². The van der Waals surface area contributed by atoms with Crippen molar-refractivity contribution in [3.8, 4) is 0 Å². The van der Waals surface area contributed by atoms with Gasteiger partial charge in [-0.15, -0.1) is 11.8 Å². The lowest BCUT2D eigenvalue weighted by Gasteiger charge is -2.16. The first-order valence-electron chi connectivity index (χ1n) is 8.40. The summed E-state index contributed by atoms with van der Waals surface area (Å²) in [5.41, 5.74) is 3.33. The average molecular weight is 371 g/mol. The van der Waals surface area contributed by atoms with Gasteiger partial charge < -0.3 is 9.05 Å². The number of fused-ring (bicyclic) bond motifs is 1. The Kier molecular flexibility index (Phi) is 7.75. The summed E-state index contributed by atoms with van der Waals surface area (Å²) in [6.45, 7) is 6.60. The fraction of sp³-hybridized carbons (Fsp3) is 0.625. The molecular formula is C16H26N3O3PS. The summed E-state index contributed by atoms with van der Waals surface area (Å²) in [5, 5.41) is 4.34. The molecule has 0 fully saturated rings. The zero-order chi connectivity index (χ0) is 17.4. The zero-order valence-corrected chi connectivity index (χ0v) is 16.3. The smallest absolute Gasteiger partial charge is 0.308 e. The van der Waals surface area contributed by atoms with Crippen molar-refractivity contribution in [3.63, 3.8) is 0 Å². The monoisotopic (exact) mass is 371 g/mol. The van der Waals surface area contributed by atoms with Gasteiger partial charge in [0.1, 0.15) is 0 Å². The van der Waals surface area contributed by atoms with E-state index in [0.29, 0.717) is 24.5 Å². The Bertz CT molecular complexity index is 682. The predicted molar refractivity (Wildman–Crippen MR) is 98.6 cm³/mol. The van der Waals surface area contributed by atoms with E-state index in [0.717, 1.165) is 36.3 Å². The van der Waals surface area contributed by atoms with E-state index >= 15 is 0 Å². The Labute approximate surface area is 147 Å². The van der Waals surface area contributed by atoms with E-state index in [1.165, 1.54) is 0 Å². The summed E-state index contributed by atoms with van der Waals surface area (Å²) in [6.07, 6.45) is 4.98. The Morgan fingerprint density at radius 2 is 2.00 bits per heavy atom. The molecule has 0 saturated heterocycles. The van der Waals surface area contributed by atoms with Crippen molar-refractivity contribution in [2.75, 3.05) is 18.7 Å². The molecule has 0 aliphatic rings. The van der Waals surface area contributed by atoms with E-state index in [2.05, 4.69) is 23.1 Å². The van der Waals surface area contributed by atoms with Crippen LogP contribution in [-0.2, 0) is 25.8 Å². The number of rotatable bonds is 11. The van der Waals surface area contributed by atoms with Crippen LogP contribution in [0.25, 0.3) is 5.65 Å². The maximum absolute atomic E-state index is 12.5. The maximum Gasteiger partial charge on any atom is 0.340 e. The van der Waals surface area contributed by atoms with Crippen LogP contribution >= 0.6 is 19.4 Å². The summed E-state index contributed by atoms with van der Waals surface area (Å²) in [6, 6.07) is 4.00. The van der Waals surface area contributed by atoms with Crippen molar-refractivity contribution in [2.45, 2.75) is 45.8 Å². The Hall–Kier alpha value is -0.880. The minimum atomic E-state index is -3.01. The Morgan fingerprint density at radius 1 is 1.25 bits per heavy atom. The van der Waals surface area contributed by atoms with Gasteiger partial charge in [0.05, 0.1) is 30.6 Å². The van der Waals surface area contributed by atoms with Crippen molar-refractivity contribution < 1.29 is 13.6 Å². The number of aromatic nitrogens is 3. The lowest BCUT2D eigenvalue weighted by atomic mass is 10.2.